The van der Waals surface area contributed by atoms with E-state index in [1.807, 2.05) is 7.05 Å². The van der Waals surface area contributed by atoms with Crippen molar-refractivity contribution in [2.75, 3.05) is 18.9 Å². The Balaban J connectivity index is 2.17. The molecule has 2 heteroatoms. The fraction of sp³-hybridized carbons (Fsp3) is 0.538. The van der Waals surface area contributed by atoms with E-state index in [1.165, 1.54) is 23.2 Å². The molecule has 0 radical (unpaired) electrons. The first kappa shape index (κ1) is 10.5. The SMILES string of the molecule is CNC(C)(C)Cc1ccc2c(c1)CCN2. The summed E-state index contributed by atoms with van der Waals surface area (Å²) in [5.41, 5.74) is 4.40. The third-order valence-corrected chi connectivity index (χ3v) is 3.20. The van der Waals surface area contributed by atoms with E-state index in [0.717, 1.165) is 13.0 Å². The molecule has 1 aliphatic rings. The molecule has 1 heterocycles. The molecule has 2 rings (SSSR count). The minimum atomic E-state index is 0.181. The van der Waals surface area contributed by atoms with Crippen LogP contribution in [0.4, 0.5) is 5.69 Å². The molecule has 2 N–H and O–H groups in total. The Morgan fingerprint density at radius 2 is 2.20 bits per heavy atom. The van der Waals surface area contributed by atoms with Crippen LogP contribution in [0.1, 0.15) is 25.0 Å². The average molecular weight is 204 g/mol. The van der Waals surface area contributed by atoms with Gasteiger partial charge < -0.3 is 10.6 Å². The monoisotopic (exact) mass is 204 g/mol. The summed E-state index contributed by atoms with van der Waals surface area (Å²) in [5, 5.41) is 6.73. The number of nitrogens with one attached hydrogen (secondary N) is 2. The highest BCUT2D eigenvalue weighted by molar-refractivity contribution is 5.56. The molecule has 1 aromatic rings. The van der Waals surface area contributed by atoms with Gasteiger partial charge in [0, 0.05) is 17.8 Å². The lowest BCUT2D eigenvalue weighted by atomic mass is 9.94. The van der Waals surface area contributed by atoms with Crippen LogP contribution in [0.3, 0.4) is 0 Å². The molecule has 1 aliphatic heterocycles. The maximum absolute atomic E-state index is 3.39. The lowest BCUT2D eigenvalue weighted by Crippen LogP contribution is -2.38. The zero-order valence-electron chi connectivity index (χ0n) is 9.85. The molecule has 0 saturated carbocycles. The van der Waals surface area contributed by atoms with Crippen molar-refractivity contribution in [3.05, 3.63) is 29.3 Å². The van der Waals surface area contributed by atoms with Gasteiger partial charge in [0.15, 0.2) is 0 Å². The topological polar surface area (TPSA) is 24.1 Å². The Kier molecular flexibility index (Phi) is 2.70. The lowest BCUT2D eigenvalue weighted by molar-refractivity contribution is 0.422. The maximum atomic E-state index is 3.39. The van der Waals surface area contributed by atoms with E-state index in [4.69, 9.17) is 0 Å². The Bertz CT molecular complexity index is 356. The van der Waals surface area contributed by atoms with Crippen molar-refractivity contribution in [3.63, 3.8) is 0 Å². The Morgan fingerprint density at radius 3 is 2.93 bits per heavy atom. The van der Waals surface area contributed by atoms with Crippen LogP contribution in [0.15, 0.2) is 18.2 Å². The van der Waals surface area contributed by atoms with E-state index in [1.54, 1.807) is 0 Å². The summed E-state index contributed by atoms with van der Waals surface area (Å²) < 4.78 is 0. The molecule has 2 nitrogen and oxygen atoms in total. The summed E-state index contributed by atoms with van der Waals surface area (Å²) in [6, 6.07) is 6.79. The second-order valence-electron chi connectivity index (χ2n) is 4.98. The Labute approximate surface area is 92.1 Å². The first-order valence-electron chi connectivity index (χ1n) is 5.65. The average Bonchev–Trinajstić information content (AvgIpc) is 2.64. The number of rotatable bonds is 3. The fourth-order valence-electron chi connectivity index (χ4n) is 2.07. The van der Waals surface area contributed by atoms with Crippen LogP contribution in [0, 0.1) is 0 Å². The van der Waals surface area contributed by atoms with Crippen molar-refractivity contribution in [1.82, 2.24) is 5.32 Å². The van der Waals surface area contributed by atoms with Gasteiger partial charge in [0.05, 0.1) is 0 Å². The fourth-order valence-corrected chi connectivity index (χ4v) is 2.07. The third-order valence-electron chi connectivity index (χ3n) is 3.20. The summed E-state index contributed by atoms with van der Waals surface area (Å²) in [6.07, 6.45) is 2.25. The number of likely N-dealkylation sites (N-methyl/N-ethyl adjacent to an activating group) is 1. The van der Waals surface area contributed by atoms with Crippen molar-refractivity contribution < 1.29 is 0 Å². The standard InChI is InChI=1S/C13H20N2/c1-13(2,14-3)9-10-4-5-12-11(8-10)6-7-15-12/h4-5,8,14-15H,6-7,9H2,1-3H3. The Hall–Kier alpha value is -1.02. The number of hydrogen-bond acceptors (Lipinski definition) is 2. The number of fused-ring (bicyclic) bond motifs is 1. The molecule has 82 valence electrons. The van der Waals surface area contributed by atoms with Crippen LogP contribution in [0.25, 0.3) is 0 Å². The molecule has 0 saturated heterocycles. The van der Waals surface area contributed by atoms with Crippen molar-refractivity contribution in [2.24, 2.45) is 0 Å². The largest absolute Gasteiger partial charge is 0.384 e. The molecule has 0 aromatic heterocycles. The van der Waals surface area contributed by atoms with Gasteiger partial charge in [-0.15, -0.1) is 0 Å². The quantitative estimate of drug-likeness (QED) is 0.788. The predicted molar refractivity (Wildman–Crippen MR) is 65.5 cm³/mol. The van der Waals surface area contributed by atoms with E-state index in [-0.39, 0.29) is 5.54 Å². The normalized spacial score (nSPS) is 14.9. The van der Waals surface area contributed by atoms with E-state index in [0.29, 0.717) is 0 Å². The summed E-state index contributed by atoms with van der Waals surface area (Å²) >= 11 is 0. The molecular formula is C13H20N2. The molecule has 0 unspecified atom stereocenters. The zero-order chi connectivity index (χ0) is 10.9. The van der Waals surface area contributed by atoms with E-state index >= 15 is 0 Å². The van der Waals surface area contributed by atoms with Crippen LogP contribution >= 0.6 is 0 Å². The minimum absolute atomic E-state index is 0.181. The van der Waals surface area contributed by atoms with Crippen LogP contribution < -0.4 is 10.6 Å². The molecular weight excluding hydrogens is 184 g/mol. The van der Waals surface area contributed by atoms with Gasteiger partial charge in [0.2, 0.25) is 0 Å². The summed E-state index contributed by atoms with van der Waals surface area (Å²) in [5.74, 6) is 0. The number of benzene rings is 1. The maximum Gasteiger partial charge on any atom is 0.0373 e. The molecule has 15 heavy (non-hydrogen) atoms. The van der Waals surface area contributed by atoms with Crippen LogP contribution in [-0.4, -0.2) is 19.1 Å². The highest BCUT2D eigenvalue weighted by atomic mass is 14.9. The van der Waals surface area contributed by atoms with E-state index in [9.17, 15) is 0 Å². The van der Waals surface area contributed by atoms with Gasteiger partial charge in [-0.2, -0.15) is 0 Å². The van der Waals surface area contributed by atoms with Gasteiger partial charge in [-0.25, -0.2) is 0 Å². The molecule has 0 atom stereocenters. The van der Waals surface area contributed by atoms with Crippen molar-refractivity contribution in [2.45, 2.75) is 32.2 Å². The smallest absolute Gasteiger partial charge is 0.0373 e. The van der Waals surface area contributed by atoms with Crippen LogP contribution in [0.2, 0.25) is 0 Å². The van der Waals surface area contributed by atoms with Crippen molar-refractivity contribution in [3.8, 4) is 0 Å². The van der Waals surface area contributed by atoms with Gasteiger partial charge in [0.25, 0.3) is 0 Å². The van der Waals surface area contributed by atoms with Gasteiger partial charge in [-0.3, -0.25) is 0 Å². The van der Waals surface area contributed by atoms with Crippen molar-refractivity contribution in [1.29, 1.82) is 0 Å². The number of anilines is 1. The highest BCUT2D eigenvalue weighted by Gasteiger charge is 2.17. The minimum Gasteiger partial charge on any atom is -0.384 e. The second-order valence-corrected chi connectivity index (χ2v) is 4.98. The zero-order valence-corrected chi connectivity index (χ0v) is 9.85. The predicted octanol–water partition coefficient (Wildman–Crippen LogP) is 2.20. The summed E-state index contributed by atoms with van der Waals surface area (Å²) in [7, 11) is 2.02. The molecule has 0 amide bonds. The molecule has 0 spiro atoms. The highest BCUT2D eigenvalue weighted by Crippen LogP contribution is 2.24. The summed E-state index contributed by atoms with van der Waals surface area (Å²) in [6.45, 7) is 5.56. The van der Waals surface area contributed by atoms with E-state index in [2.05, 4.69) is 42.7 Å². The third kappa shape index (κ3) is 2.32. The van der Waals surface area contributed by atoms with Gasteiger partial charge in [-0.05, 0) is 50.9 Å². The van der Waals surface area contributed by atoms with Gasteiger partial charge in [-0.1, -0.05) is 12.1 Å². The molecule has 0 fully saturated rings. The van der Waals surface area contributed by atoms with Gasteiger partial charge in [0.1, 0.15) is 0 Å². The first-order chi connectivity index (χ1) is 7.11. The summed E-state index contributed by atoms with van der Waals surface area (Å²) in [4.78, 5) is 0. The van der Waals surface area contributed by atoms with Gasteiger partial charge >= 0.3 is 0 Å². The molecule has 1 aromatic carbocycles. The Morgan fingerprint density at radius 1 is 1.40 bits per heavy atom. The second kappa shape index (κ2) is 3.86. The van der Waals surface area contributed by atoms with Crippen molar-refractivity contribution >= 4 is 5.69 Å². The molecule has 0 bridgehead atoms. The van der Waals surface area contributed by atoms with Crippen LogP contribution in [-0.2, 0) is 12.8 Å². The van der Waals surface area contributed by atoms with E-state index < -0.39 is 0 Å². The first-order valence-corrected chi connectivity index (χ1v) is 5.65. The lowest BCUT2D eigenvalue weighted by Gasteiger charge is -2.24. The molecule has 0 aliphatic carbocycles. The number of hydrogen-bond donors (Lipinski definition) is 2. The van der Waals surface area contributed by atoms with Crippen LogP contribution in [0.5, 0.6) is 0 Å².